The number of methoxy groups -OCH3 is 1. The molecule has 6 nitrogen and oxygen atoms in total. The maximum absolute atomic E-state index is 12.0. The van der Waals surface area contributed by atoms with Gasteiger partial charge in [-0.25, -0.2) is 4.79 Å². The van der Waals surface area contributed by atoms with Crippen molar-refractivity contribution < 1.29 is 28.5 Å². The second-order valence-corrected chi connectivity index (χ2v) is 6.46. The standard InChI is InChI=1S/C18H22O6/c1-20-14-9-15-13(23-15)3-2-8-21-17(19)11-4-6-12(7-5-11)18-22-10-16(14)24-18/h4-7,13-16,18H,2-3,8-10H2,1H3/t13-,14-,15-,16+,18-/m0/s1. The van der Waals surface area contributed by atoms with Crippen molar-refractivity contribution in [1.29, 1.82) is 0 Å². The molecule has 2 saturated heterocycles. The second-order valence-electron chi connectivity index (χ2n) is 6.46. The highest BCUT2D eigenvalue weighted by Gasteiger charge is 2.43. The highest BCUT2D eigenvalue weighted by atomic mass is 16.7. The third kappa shape index (κ3) is 3.32. The van der Waals surface area contributed by atoms with Crippen LogP contribution in [0.5, 0.6) is 0 Å². The zero-order chi connectivity index (χ0) is 16.5. The summed E-state index contributed by atoms with van der Waals surface area (Å²) in [5.41, 5.74) is 1.42. The molecule has 0 aromatic heterocycles. The van der Waals surface area contributed by atoms with Gasteiger partial charge in [-0.3, -0.25) is 0 Å². The van der Waals surface area contributed by atoms with Crippen LogP contribution in [0, 0.1) is 0 Å². The number of rotatable bonds is 1. The number of epoxide rings is 1. The lowest BCUT2D eigenvalue weighted by atomic mass is 10.1. The topological polar surface area (TPSA) is 66.5 Å². The molecule has 24 heavy (non-hydrogen) atoms. The number of carbonyl (C=O) groups excluding carboxylic acids is 1. The maximum Gasteiger partial charge on any atom is 0.338 e. The van der Waals surface area contributed by atoms with Crippen molar-refractivity contribution in [2.45, 2.75) is 50.0 Å². The maximum atomic E-state index is 12.0. The van der Waals surface area contributed by atoms with E-state index in [4.69, 9.17) is 23.7 Å². The largest absolute Gasteiger partial charge is 0.462 e. The zero-order valence-electron chi connectivity index (χ0n) is 13.7. The number of hydrogen-bond acceptors (Lipinski definition) is 6. The van der Waals surface area contributed by atoms with Crippen molar-refractivity contribution >= 4 is 5.97 Å². The minimum atomic E-state index is -0.429. The second kappa shape index (κ2) is 6.80. The predicted molar refractivity (Wildman–Crippen MR) is 83.6 cm³/mol. The van der Waals surface area contributed by atoms with Crippen molar-refractivity contribution in [3.8, 4) is 0 Å². The summed E-state index contributed by atoms with van der Waals surface area (Å²) in [6.45, 7) is 0.905. The zero-order valence-corrected chi connectivity index (χ0v) is 13.7. The van der Waals surface area contributed by atoms with Crippen LogP contribution in [0.1, 0.15) is 41.5 Å². The van der Waals surface area contributed by atoms with E-state index < -0.39 is 6.29 Å². The van der Waals surface area contributed by atoms with Gasteiger partial charge in [0.1, 0.15) is 6.10 Å². The Kier molecular flexibility index (Phi) is 4.54. The molecule has 4 bridgehead atoms. The van der Waals surface area contributed by atoms with Crippen LogP contribution in [-0.4, -0.2) is 50.7 Å². The average molecular weight is 334 g/mol. The van der Waals surface area contributed by atoms with Crippen molar-refractivity contribution in [3.63, 3.8) is 0 Å². The van der Waals surface area contributed by atoms with E-state index in [-0.39, 0.29) is 30.4 Å². The molecule has 6 heteroatoms. The van der Waals surface area contributed by atoms with Gasteiger partial charge in [-0.1, -0.05) is 12.1 Å². The fraction of sp³-hybridized carbons (Fsp3) is 0.611. The molecule has 1 aromatic carbocycles. The molecule has 0 aliphatic carbocycles. The van der Waals surface area contributed by atoms with E-state index in [0.29, 0.717) is 18.8 Å². The summed E-state index contributed by atoms with van der Waals surface area (Å²) < 4.78 is 28.4. The number of fused-ring (bicyclic) bond motifs is 7. The van der Waals surface area contributed by atoms with Crippen molar-refractivity contribution in [3.05, 3.63) is 35.4 Å². The molecule has 0 spiro atoms. The molecule has 5 atom stereocenters. The molecule has 5 rings (SSSR count). The van der Waals surface area contributed by atoms with Crippen LogP contribution in [0.3, 0.4) is 0 Å². The SMILES string of the molecule is CO[C@H]1C[C@@H]2O[C@H]2CCCOC(=O)c2ccc(cc2)[C@H]2OC[C@H]1O2. The van der Waals surface area contributed by atoms with Gasteiger partial charge in [0.2, 0.25) is 0 Å². The highest BCUT2D eigenvalue weighted by molar-refractivity contribution is 5.89. The Morgan fingerprint density at radius 1 is 1.08 bits per heavy atom. The van der Waals surface area contributed by atoms with E-state index in [0.717, 1.165) is 24.8 Å². The third-order valence-electron chi connectivity index (χ3n) is 4.86. The third-order valence-corrected chi connectivity index (χ3v) is 4.86. The first-order chi connectivity index (χ1) is 11.7. The average Bonchev–Trinajstić information content (AvgIpc) is 3.16. The van der Waals surface area contributed by atoms with Crippen LogP contribution in [0.25, 0.3) is 0 Å². The van der Waals surface area contributed by atoms with Crippen LogP contribution in [-0.2, 0) is 23.7 Å². The van der Waals surface area contributed by atoms with Crippen LogP contribution in [0.15, 0.2) is 24.3 Å². The Labute approximate surface area is 141 Å². The summed E-state index contributed by atoms with van der Waals surface area (Å²) in [4.78, 5) is 12.0. The fourth-order valence-electron chi connectivity index (χ4n) is 3.37. The smallest absolute Gasteiger partial charge is 0.338 e. The number of hydrogen-bond donors (Lipinski definition) is 0. The van der Waals surface area contributed by atoms with Gasteiger partial charge in [-0.05, 0) is 25.0 Å². The number of carbonyl (C=O) groups is 1. The molecular weight excluding hydrogens is 312 g/mol. The van der Waals surface area contributed by atoms with Gasteiger partial charge < -0.3 is 23.7 Å². The molecule has 0 unspecified atom stereocenters. The summed E-state index contributed by atoms with van der Waals surface area (Å²) >= 11 is 0. The number of ether oxygens (including phenoxy) is 5. The van der Waals surface area contributed by atoms with Crippen molar-refractivity contribution in [1.82, 2.24) is 0 Å². The van der Waals surface area contributed by atoms with Crippen molar-refractivity contribution in [2.75, 3.05) is 20.3 Å². The molecule has 4 aliphatic heterocycles. The monoisotopic (exact) mass is 334 g/mol. The van der Waals surface area contributed by atoms with Gasteiger partial charge in [-0.2, -0.15) is 0 Å². The lowest BCUT2D eigenvalue weighted by molar-refractivity contribution is -0.0922. The molecule has 0 N–H and O–H groups in total. The lowest BCUT2D eigenvalue weighted by Crippen LogP contribution is -2.31. The summed E-state index contributed by atoms with van der Waals surface area (Å²) in [5.74, 6) is -0.299. The van der Waals surface area contributed by atoms with Gasteiger partial charge in [-0.15, -0.1) is 0 Å². The van der Waals surface area contributed by atoms with Crippen molar-refractivity contribution in [2.24, 2.45) is 0 Å². The summed E-state index contributed by atoms with van der Waals surface area (Å²) in [7, 11) is 1.70. The molecule has 2 fully saturated rings. The van der Waals surface area contributed by atoms with Gasteiger partial charge >= 0.3 is 5.97 Å². The Balaban J connectivity index is 1.53. The molecular formula is C18H22O6. The predicted octanol–water partition coefficient (Wildman–Crippen LogP) is 2.22. The lowest BCUT2D eigenvalue weighted by Gasteiger charge is -2.20. The summed E-state index contributed by atoms with van der Waals surface area (Å²) in [6.07, 6.45) is 2.32. The molecule has 0 saturated carbocycles. The first-order valence-corrected chi connectivity index (χ1v) is 8.47. The highest BCUT2D eigenvalue weighted by Crippen LogP contribution is 2.35. The van der Waals surface area contributed by atoms with E-state index in [1.54, 1.807) is 19.2 Å². The summed E-state index contributed by atoms with van der Waals surface area (Å²) in [6, 6.07) is 7.18. The quantitative estimate of drug-likeness (QED) is 0.579. The Hall–Kier alpha value is -1.47. The number of benzene rings is 1. The summed E-state index contributed by atoms with van der Waals surface area (Å²) in [5, 5.41) is 0. The molecule has 1 aromatic rings. The van der Waals surface area contributed by atoms with Crippen LogP contribution in [0.4, 0.5) is 0 Å². The minimum Gasteiger partial charge on any atom is -0.462 e. The first-order valence-electron chi connectivity index (χ1n) is 8.47. The van der Waals surface area contributed by atoms with E-state index >= 15 is 0 Å². The van der Waals surface area contributed by atoms with Crippen LogP contribution < -0.4 is 0 Å². The van der Waals surface area contributed by atoms with Crippen LogP contribution >= 0.6 is 0 Å². The molecule has 4 aliphatic rings. The van der Waals surface area contributed by atoms with Gasteiger partial charge in [0.05, 0.1) is 37.1 Å². The molecule has 0 radical (unpaired) electrons. The normalized spacial score (nSPS) is 36.2. The van der Waals surface area contributed by atoms with Crippen LogP contribution in [0.2, 0.25) is 0 Å². The Morgan fingerprint density at radius 2 is 1.92 bits per heavy atom. The van der Waals surface area contributed by atoms with E-state index in [1.165, 1.54) is 0 Å². The Bertz CT molecular complexity index is 586. The number of esters is 1. The molecule has 4 heterocycles. The van der Waals surface area contributed by atoms with E-state index in [2.05, 4.69) is 0 Å². The van der Waals surface area contributed by atoms with Gasteiger partial charge in [0.15, 0.2) is 6.29 Å². The Morgan fingerprint density at radius 3 is 2.71 bits per heavy atom. The fourth-order valence-corrected chi connectivity index (χ4v) is 3.37. The first kappa shape index (κ1) is 16.0. The van der Waals surface area contributed by atoms with E-state index in [1.807, 2.05) is 12.1 Å². The van der Waals surface area contributed by atoms with Gasteiger partial charge in [0.25, 0.3) is 0 Å². The minimum absolute atomic E-state index is 0.0463. The van der Waals surface area contributed by atoms with E-state index in [9.17, 15) is 4.79 Å². The van der Waals surface area contributed by atoms with Gasteiger partial charge in [0, 0.05) is 19.1 Å². The molecule has 0 amide bonds. The molecule has 130 valence electrons.